The number of carbonyl (C=O) groups is 2. The van der Waals surface area contributed by atoms with Gasteiger partial charge < -0.3 is 24.1 Å². The van der Waals surface area contributed by atoms with E-state index >= 15 is 0 Å². The van der Waals surface area contributed by atoms with E-state index in [9.17, 15) is 14.4 Å². The Morgan fingerprint density at radius 1 is 1.15 bits per heavy atom. The standard InChI is InChI=1S/C32H42N4O4/c1-20-17-28(40-6)25(30(38)33-20)11-12-27(37)29-22(3)36(26-10-8-7-9-24(26)29)21(2)23-13-15-35(16-14-23)31(39)32(4)18-34(5)19-32/h7-10,17,21,23H,11-16,18-19H2,1-6H3,(H,33,38)/t21-/m1/s1. The number of para-hydroxylation sites is 1. The fourth-order valence-electron chi connectivity index (χ4n) is 7.19. The van der Waals surface area contributed by atoms with Gasteiger partial charge >= 0.3 is 0 Å². The number of H-pyrrole nitrogens is 1. The number of aromatic nitrogens is 2. The molecule has 1 aromatic carbocycles. The van der Waals surface area contributed by atoms with Crippen LogP contribution in [0.5, 0.6) is 5.75 Å². The average molecular weight is 547 g/mol. The molecule has 1 N–H and O–H groups in total. The number of fused-ring (bicyclic) bond motifs is 1. The third kappa shape index (κ3) is 4.98. The maximum absolute atomic E-state index is 13.7. The van der Waals surface area contributed by atoms with Crippen molar-refractivity contribution in [2.75, 3.05) is 40.3 Å². The second-order valence-electron chi connectivity index (χ2n) is 12.2. The number of pyridine rings is 1. The van der Waals surface area contributed by atoms with Crippen LogP contribution in [-0.2, 0) is 11.2 Å². The van der Waals surface area contributed by atoms with Crippen LogP contribution in [0.2, 0.25) is 0 Å². The highest BCUT2D eigenvalue weighted by Gasteiger charge is 2.46. The lowest BCUT2D eigenvalue weighted by molar-refractivity contribution is -0.151. The van der Waals surface area contributed by atoms with Gasteiger partial charge in [-0.05, 0) is 72.1 Å². The molecule has 1 amide bonds. The Bertz CT molecular complexity index is 1490. The Labute approximate surface area is 236 Å². The van der Waals surface area contributed by atoms with E-state index in [2.05, 4.69) is 46.3 Å². The minimum atomic E-state index is -0.247. The van der Waals surface area contributed by atoms with Gasteiger partial charge in [0.15, 0.2) is 5.78 Å². The van der Waals surface area contributed by atoms with Crippen LogP contribution in [0.1, 0.15) is 66.5 Å². The summed E-state index contributed by atoms with van der Waals surface area (Å²) in [7, 11) is 3.61. The molecule has 214 valence electrons. The van der Waals surface area contributed by atoms with Gasteiger partial charge in [-0.25, -0.2) is 0 Å². The van der Waals surface area contributed by atoms with Crippen molar-refractivity contribution in [1.82, 2.24) is 19.4 Å². The second kappa shape index (κ2) is 10.9. The number of carbonyl (C=O) groups excluding carboxylic acids is 2. The van der Waals surface area contributed by atoms with Gasteiger partial charge in [-0.2, -0.15) is 0 Å². The van der Waals surface area contributed by atoms with Crippen molar-refractivity contribution in [3.8, 4) is 5.75 Å². The monoisotopic (exact) mass is 546 g/mol. The lowest BCUT2D eigenvalue weighted by atomic mass is 9.80. The van der Waals surface area contributed by atoms with Crippen molar-refractivity contribution in [3.63, 3.8) is 0 Å². The summed E-state index contributed by atoms with van der Waals surface area (Å²) in [4.78, 5) is 46.5. The first kappa shape index (κ1) is 28.1. The molecule has 0 unspecified atom stereocenters. The zero-order valence-corrected chi connectivity index (χ0v) is 24.7. The molecule has 4 heterocycles. The number of ether oxygens (including phenoxy) is 1. The molecule has 3 aromatic rings. The van der Waals surface area contributed by atoms with E-state index < -0.39 is 0 Å². The fraction of sp³-hybridized carbons (Fsp3) is 0.531. The second-order valence-corrected chi connectivity index (χ2v) is 12.2. The smallest absolute Gasteiger partial charge is 0.255 e. The van der Waals surface area contributed by atoms with Crippen molar-refractivity contribution in [3.05, 3.63) is 63.2 Å². The van der Waals surface area contributed by atoms with Crippen LogP contribution in [-0.4, -0.2) is 71.4 Å². The number of nitrogens with one attached hydrogen (secondary N) is 1. The summed E-state index contributed by atoms with van der Waals surface area (Å²) in [6, 6.07) is 10.1. The molecule has 8 heteroatoms. The molecule has 0 aliphatic carbocycles. The van der Waals surface area contributed by atoms with E-state index in [1.165, 1.54) is 0 Å². The number of hydrogen-bond acceptors (Lipinski definition) is 5. The summed E-state index contributed by atoms with van der Waals surface area (Å²) >= 11 is 0. The summed E-state index contributed by atoms with van der Waals surface area (Å²) in [5.74, 6) is 1.25. The van der Waals surface area contributed by atoms with E-state index in [-0.39, 0.29) is 35.1 Å². The van der Waals surface area contributed by atoms with Gasteiger partial charge in [-0.1, -0.05) is 18.2 Å². The average Bonchev–Trinajstić information content (AvgIpc) is 3.22. The summed E-state index contributed by atoms with van der Waals surface area (Å²) in [6.07, 6.45) is 2.43. The Kier molecular flexibility index (Phi) is 7.66. The van der Waals surface area contributed by atoms with E-state index in [4.69, 9.17) is 4.74 Å². The molecule has 2 fully saturated rings. The van der Waals surface area contributed by atoms with Crippen LogP contribution in [0.25, 0.3) is 10.9 Å². The zero-order valence-electron chi connectivity index (χ0n) is 24.7. The van der Waals surface area contributed by atoms with E-state index in [1.54, 1.807) is 13.2 Å². The molecule has 0 spiro atoms. The SMILES string of the molecule is COc1cc(C)[nH]c(=O)c1CCC(=O)c1c(C)n([C@H](C)C2CCN(C(=O)C3(C)CN(C)C3)CC2)c2ccccc12. The third-order valence-corrected chi connectivity index (χ3v) is 9.16. The Morgan fingerprint density at radius 3 is 2.48 bits per heavy atom. The van der Waals surface area contributed by atoms with Gasteiger partial charge in [-0.15, -0.1) is 0 Å². The fourth-order valence-corrected chi connectivity index (χ4v) is 7.19. The van der Waals surface area contributed by atoms with Crippen molar-refractivity contribution >= 4 is 22.6 Å². The lowest BCUT2D eigenvalue weighted by Gasteiger charge is -2.48. The Hall–Kier alpha value is -3.39. The number of hydrogen-bond donors (Lipinski definition) is 1. The number of Topliss-reactive ketones (excluding diaryl/α,β-unsaturated/α-hetero) is 1. The number of piperidine rings is 1. The Morgan fingerprint density at radius 2 is 1.82 bits per heavy atom. The van der Waals surface area contributed by atoms with Crippen molar-refractivity contribution < 1.29 is 14.3 Å². The Balaban J connectivity index is 1.35. The summed E-state index contributed by atoms with van der Waals surface area (Å²) in [6.45, 7) is 11.4. The summed E-state index contributed by atoms with van der Waals surface area (Å²) in [5.41, 5.74) is 3.53. The van der Waals surface area contributed by atoms with Gasteiger partial charge in [0.1, 0.15) is 5.75 Å². The quantitative estimate of drug-likeness (QED) is 0.420. The molecule has 0 saturated carbocycles. The summed E-state index contributed by atoms with van der Waals surface area (Å²) in [5, 5.41) is 0.955. The molecule has 1 atom stereocenters. The number of likely N-dealkylation sites (tertiary alicyclic amines) is 2. The first-order valence-electron chi connectivity index (χ1n) is 14.4. The van der Waals surface area contributed by atoms with Gasteiger partial charge in [0, 0.05) is 66.5 Å². The highest BCUT2D eigenvalue weighted by atomic mass is 16.5. The van der Waals surface area contributed by atoms with Crippen LogP contribution in [0.4, 0.5) is 0 Å². The zero-order chi connectivity index (χ0) is 28.8. The number of methoxy groups -OCH3 is 1. The number of ketones is 1. The number of amides is 1. The molecule has 40 heavy (non-hydrogen) atoms. The molecule has 0 bridgehead atoms. The van der Waals surface area contributed by atoms with Crippen molar-refractivity contribution in [1.29, 1.82) is 0 Å². The number of rotatable bonds is 8. The molecule has 2 aromatic heterocycles. The molecular weight excluding hydrogens is 504 g/mol. The molecule has 0 radical (unpaired) electrons. The predicted octanol–water partition coefficient (Wildman–Crippen LogP) is 4.52. The normalized spacial score (nSPS) is 18.5. The number of aromatic amines is 1. The van der Waals surface area contributed by atoms with E-state index in [1.807, 2.05) is 32.0 Å². The van der Waals surface area contributed by atoms with Crippen LogP contribution in [0.3, 0.4) is 0 Å². The lowest BCUT2D eigenvalue weighted by Crippen LogP contribution is -2.61. The molecule has 2 aliphatic rings. The summed E-state index contributed by atoms with van der Waals surface area (Å²) < 4.78 is 7.76. The molecule has 8 nitrogen and oxygen atoms in total. The van der Waals surface area contributed by atoms with Crippen LogP contribution >= 0.6 is 0 Å². The van der Waals surface area contributed by atoms with Crippen molar-refractivity contribution in [2.45, 2.75) is 59.4 Å². The highest BCUT2D eigenvalue weighted by Crippen LogP contribution is 2.38. The molecule has 5 rings (SSSR count). The van der Waals surface area contributed by atoms with Gasteiger partial charge in [0.2, 0.25) is 5.91 Å². The van der Waals surface area contributed by atoms with Gasteiger partial charge in [0.25, 0.3) is 5.56 Å². The van der Waals surface area contributed by atoms with Crippen LogP contribution in [0.15, 0.2) is 35.1 Å². The molecule has 2 saturated heterocycles. The van der Waals surface area contributed by atoms with E-state index in [0.717, 1.165) is 66.9 Å². The van der Waals surface area contributed by atoms with Crippen LogP contribution < -0.4 is 10.3 Å². The predicted molar refractivity (Wildman–Crippen MR) is 157 cm³/mol. The van der Waals surface area contributed by atoms with E-state index in [0.29, 0.717) is 23.7 Å². The van der Waals surface area contributed by atoms with Crippen LogP contribution in [0, 0.1) is 25.2 Å². The first-order chi connectivity index (χ1) is 19.0. The largest absolute Gasteiger partial charge is 0.496 e. The minimum absolute atomic E-state index is 0.0285. The highest BCUT2D eigenvalue weighted by molar-refractivity contribution is 6.09. The topological polar surface area (TPSA) is 87.6 Å². The number of benzene rings is 1. The molecule has 2 aliphatic heterocycles. The third-order valence-electron chi connectivity index (χ3n) is 9.16. The number of nitrogens with zero attached hydrogens (tertiary/aromatic N) is 3. The maximum atomic E-state index is 13.7. The number of aryl methyl sites for hydroxylation is 1. The minimum Gasteiger partial charge on any atom is -0.496 e. The molecular formula is C32H42N4O4. The first-order valence-corrected chi connectivity index (χ1v) is 14.4. The maximum Gasteiger partial charge on any atom is 0.255 e. The van der Waals surface area contributed by atoms with Gasteiger partial charge in [0.05, 0.1) is 18.1 Å². The van der Waals surface area contributed by atoms with Gasteiger partial charge in [-0.3, -0.25) is 14.4 Å². The van der Waals surface area contributed by atoms with Crippen molar-refractivity contribution in [2.24, 2.45) is 11.3 Å².